The molecule has 1 N–H and O–H groups in total. The number of carbonyl (C=O) groups excluding carboxylic acids is 3. The van der Waals surface area contributed by atoms with Gasteiger partial charge in [0.05, 0.1) is 0 Å². The summed E-state index contributed by atoms with van der Waals surface area (Å²) in [5.74, 6) is -1.57. The van der Waals surface area contributed by atoms with E-state index in [1.165, 1.54) is 24.8 Å². The van der Waals surface area contributed by atoms with Crippen molar-refractivity contribution in [3.05, 3.63) is 71.9 Å². The van der Waals surface area contributed by atoms with Gasteiger partial charge >= 0.3 is 5.97 Å². The Bertz CT molecular complexity index is 832. The number of anilines is 1. The van der Waals surface area contributed by atoms with Crippen LogP contribution >= 0.6 is 0 Å². The highest BCUT2D eigenvalue weighted by atomic mass is 16.5. The van der Waals surface area contributed by atoms with Crippen molar-refractivity contribution in [2.75, 3.05) is 11.9 Å². The van der Waals surface area contributed by atoms with Crippen molar-refractivity contribution in [1.82, 2.24) is 5.32 Å². The van der Waals surface area contributed by atoms with Crippen molar-refractivity contribution in [2.24, 2.45) is 0 Å². The Morgan fingerprint density at radius 2 is 1.56 bits per heavy atom. The summed E-state index contributed by atoms with van der Waals surface area (Å²) in [7, 11) is 1.61. The fraction of sp³-hybridized carbons (Fsp3) is 0.190. The lowest BCUT2D eigenvalue weighted by Gasteiger charge is -2.22. The van der Waals surface area contributed by atoms with E-state index in [0.29, 0.717) is 5.69 Å². The molecule has 1 atom stereocenters. The van der Waals surface area contributed by atoms with Crippen LogP contribution in [0, 0.1) is 0 Å². The molecule has 0 aliphatic rings. The number of nitrogens with zero attached hydrogens (tertiary/aromatic N) is 1. The van der Waals surface area contributed by atoms with Gasteiger partial charge in [0.15, 0.2) is 6.10 Å². The van der Waals surface area contributed by atoms with E-state index in [2.05, 4.69) is 5.32 Å². The number of hydrogen-bond donors (Lipinski definition) is 1. The van der Waals surface area contributed by atoms with Crippen molar-refractivity contribution in [3.63, 3.8) is 0 Å². The van der Waals surface area contributed by atoms with Crippen LogP contribution in [-0.2, 0) is 19.1 Å². The maximum absolute atomic E-state index is 12.5. The van der Waals surface area contributed by atoms with Crippen molar-refractivity contribution in [3.8, 4) is 0 Å². The highest BCUT2D eigenvalue weighted by Gasteiger charge is 2.24. The zero-order valence-corrected chi connectivity index (χ0v) is 15.5. The van der Waals surface area contributed by atoms with Gasteiger partial charge in [-0.3, -0.25) is 9.59 Å². The number of likely N-dealkylation sites (N-methyl/N-ethyl adjacent to an activating group) is 1. The molecular formula is C21H22N2O4. The van der Waals surface area contributed by atoms with Crippen LogP contribution < -0.4 is 10.2 Å². The monoisotopic (exact) mass is 366 g/mol. The van der Waals surface area contributed by atoms with Crippen molar-refractivity contribution in [1.29, 1.82) is 0 Å². The largest absolute Gasteiger partial charge is 0.448 e. The van der Waals surface area contributed by atoms with Crippen molar-refractivity contribution >= 4 is 29.5 Å². The minimum atomic E-state index is -1.02. The Balaban J connectivity index is 2.12. The molecule has 0 bridgehead atoms. The number of esters is 1. The first-order chi connectivity index (χ1) is 12.9. The second-order valence-corrected chi connectivity index (χ2v) is 5.93. The van der Waals surface area contributed by atoms with Crippen LogP contribution in [0.2, 0.25) is 0 Å². The molecule has 0 saturated heterocycles. The molecule has 2 amide bonds. The molecule has 2 aromatic carbocycles. The Hall–Kier alpha value is -3.41. The van der Waals surface area contributed by atoms with Crippen LogP contribution in [-0.4, -0.2) is 30.9 Å². The molecule has 2 aromatic rings. The lowest BCUT2D eigenvalue weighted by molar-refractivity contribution is -0.150. The van der Waals surface area contributed by atoms with Crippen LogP contribution in [0.1, 0.15) is 19.4 Å². The zero-order valence-electron chi connectivity index (χ0n) is 15.5. The van der Waals surface area contributed by atoms with Crippen LogP contribution in [0.5, 0.6) is 0 Å². The molecule has 0 saturated carbocycles. The normalized spacial score (nSPS) is 12.0. The maximum atomic E-state index is 12.5. The Morgan fingerprint density at radius 3 is 2.11 bits per heavy atom. The topological polar surface area (TPSA) is 75.7 Å². The fourth-order valence-electron chi connectivity index (χ4n) is 2.38. The molecule has 0 fully saturated rings. The van der Waals surface area contributed by atoms with E-state index < -0.39 is 18.0 Å². The minimum Gasteiger partial charge on any atom is -0.448 e. The molecule has 0 aliphatic heterocycles. The van der Waals surface area contributed by atoms with Crippen LogP contribution in [0.25, 0.3) is 6.08 Å². The summed E-state index contributed by atoms with van der Waals surface area (Å²) < 4.78 is 5.28. The average Bonchev–Trinajstić information content (AvgIpc) is 2.67. The van der Waals surface area contributed by atoms with Gasteiger partial charge in [-0.25, -0.2) is 4.79 Å². The van der Waals surface area contributed by atoms with Crippen LogP contribution in [0.3, 0.4) is 0 Å². The third-order valence-electron chi connectivity index (χ3n) is 3.75. The number of para-hydroxylation sites is 1. The lowest BCUT2D eigenvalue weighted by atomic mass is 10.2. The summed E-state index contributed by atoms with van der Waals surface area (Å²) in [5.41, 5.74) is 1.38. The molecule has 0 radical (unpaired) electrons. The number of amides is 2. The highest BCUT2D eigenvalue weighted by molar-refractivity contribution is 6.01. The number of nitrogens with one attached hydrogen (secondary N) is 1. The SMILES string of the molecule is CC(=O)NC(=Cc1ccccc1)C(=O)OC(C)C(=O)N(C)c1ccccc1. The van der Waals surface area contributed by atoms with E-state index in [1.807, 2.05) is 36.4 Å². The second kappa shape index (κ2) is 9.33. The molecule has 0 spiro atoms. The second-order valence-electron chi connectivity index (χ2n) is 5.93. The predicted molar refractivity (Wildman–Crippen MR) is 104 cm³/mol. The van der Waals surface area contributed by atoms with Crippen LogP contribution in [0.4, 0.5) is 5.69 Å². The van der Waals surface area contributed by atoms with Gasteiger partial charge in [-0.05, 0) is 30.7 Å². The number of benzene rings is 2. The van der Waals surface area contributed by atoms with Gasteiger partial charge in [0.1, 0.15) is 5.70 Å². The standard InChI is InChI=1S/C21H22N2O4/c1-15(20(25)23(3)18-12-8-5-9-13-18)27-21(26)19(22-16(2)24)14-17-10-6-4-7-11-17/h4-15H,1-3H3,(H,22,24). The minimum absolute atomic E-state index is 0.0317. The van der Waals surface area contributed by atoms with Gasteiger partial charge in [-0.2, -0.15) is 0 Å². The smallest absolute Gasteiger partial charge is 0.355 e. The first-order valence-corrected chi connectivity index (χ1v) is 8.46. The fourth-order valence-corrected chi connectivity index (χ4v) is 2.38. The van der Waals surface area contributed by atoms with Crippen molar-refractivity contribution in [2.45, 2.75) is 20.0 Å². The summed E-state index contributed by atoms with van der Waals surface area (Å²) in [6.45, 7) is 2.79. The zero-order chi connectivity index (χ0) is 19.8. The molecule has 6 heteroatoms. The third-order valence-corrected chi connectivity index (χ3v) is 3.75. The summed E-state index contributed by atoms with van der Waals surface area (Å²) in [5, 5.41) is 2.46. The molecular weight excluding hydrogens is 344 g/mol. The quantitative estimate of drug-likeness (QED) is 0.630. The van der Waals surface area contributed by atoms with Gasteiger partial charge in [0.2, 0.25) is 5.91 Å². The van der Waals surface area contributed by atoms with E-state index in [-0.39, 0.29) is 11.6 Å². The first kappa shape index (κ1) is 19.9. The van der Waals surface area contributed by atoms with Gasteiger partial charge < -0.3 is 15.0 Å². The van der Waals surface area contributed by atoms with E-state index in [0.717, 1.165) is 5.56 Å². The predicted octanol–water partition coefficient (Wildman–Crippen LogP) is 2.76. The number of rotatable bonds is 6. The van der Waals surface area contributed by atoms with E-state index in [1.54, 1.807) is 31.3 Å². The molecule has 27 heavy (non-hydrogen) atoms. The lowest BCUT2D eigenvalue weighted by Crippen LogP contribution is -2.39. The summed E-state index contributed by atoms with van der Waals surface area (Å²) in [4.78, 5) is 37.8. The molecule has 0 heterocycles. The molecule has 0 aromatic heterocycles. The molecule has 1 unspecified atom stereocenters. The highest BCUT2D eigenvalue weighted by Crippen LogP contribution is 2.14. The van der Waals surface area contributed by atoms with E-state index in [4.69, 9.17) is 4.74 Å². The Kier molecular flexibility index (Phi) is 6.88. The van der Waals surface area contributed by atoms with Gasteiger partial charge in [0, 0.05) is 19.7 Å². The molecule has 140 valence electrons. The maximum Gasteiger partial charge on any atom is 0.355 e. The number of ether oxygens (including phenoxy) is 1. The Morgan fingerprint density at radius 1 is 1.00 bits per heavy atom. The number of carbonyl (C=O) groups is 3. The first-order valence-electron chi connectivity index (χ1n) is 8.46. The summed E-state index contributed by atoms with van der Waals surface area (Å²) in [6.07, 6.45) is 0.484. The summed E-state index contributed by atoms with van der Waals surface area (Å²) >= 11 is 0. The van der Waals surface area contributed by atoms with Crippen LogP contribution in [0.15, 0.2) is 66.4 Å². The molecule has 2 rings (SSSR count). The number of hydrogen-bond acceptors (Lipinski definition) is 4. The summed E-state index contributed by atoms with van der Waals surface area (Å²) in [6, 6.07) is 18.1. The molecule has 6 nitrogen and oxygen atoms in total. The third kappa shape index (κ3) is 5.81. The van der Waals surface area contributed by atoms with E-state index >= 15 is 0 Å². The average molecular weight is 366 g/mol. The van der Waals surface area contributed by atoms with E-state index in [9.17, 15) is 14.4 Å². The molecule has 0 aliphatic carbocycles. The van der Waals surface area contributed by atoms with Crippen molar-refractivity contribution < 1.29 is 19.1 Å². The van der Waals surface area contributed by atoms with Gasteiger partial charge in [0.25, 0.3) is 5.91 Å². The Labute approximate surface area is 158 Å². The van der Waals surface area contributed by atoms with Gasteiger partial charge in [-0.1, -0.05) is 48.5 Å². The van der Waals surface area contributed by atoms with Gasteiger partial charge in [-0.15, -0.1) is 0 Å².